The third kappa shape index (κ3) is 4.92. The lowest BCUT2D eigenvalue weighted by Gasteiger charge is -2.31. The van der Waals surface area contributed by atoms with E-state index in [1.54, 1.807) is 10.6 Å². The summed E-state index contributed by atoms with van der Waals surface area (Å²) in [5.74, 6) is 0.112. The number of nitrogens with two attached hydrogens (primary N) is 1. The maximum Gasteiger partial charge on any atom is 0.332 e. The zero-order valence-corrected chi connectivity index (χ0v) is 20.6. The van der Waals surface area contributed by atoms with Crippen LogP contribution in [0, 0.1) is 11.3 Å². The smallest absolute Gasteiger partial charge is 0.332 e. The second-order valence-electron chi connectivity index (χ2n) is 9.13. The lowest BCUT2D eigenvalue weighted by molar-refractivity contribution is -0.116. The van der Waals surface area contributed by atoms with Crippen molar-refractivity contribution in [3.8, 4) is 6.07 Å². The molecule has 0 aromatic carbocycles. The first-order chi connectivity index (χ1) is 17.2. The number of piperidine rings is 1. The minimum absolute atomic E-state index is 0.00668. The van der Waals surface area contributed by atoms with Crippen LogP contribution >= 0.6 is 0 Å². The second-order valence-corrected chi connectivity index (χ2v) is 9.13. The summed E-state index contributed by atoms with van der Waals surface area (Å²) in [6.45, 7) is 5.12. The summed E-state index contributed by atoms with van der Waals surface area (Å²) in [6, 6.07) is 6.49. The van der Waals surface area contributed by atoms with E-state index in [1.807, 2.05) is 30.9 Å². The van der Waals surface area contributed by atoms with Crippen molar-refractivity contribution in [1.29, 1.82) is 5.26 Å². The predicted octanol–water partition coefficient (Wildman–Crippen LogP) is 0.696. The highest BCUT2D eigenvalue weighted by Crippen LogP contribution is 2.23. The SMILES string of the molecule is CC(C)=CCn1c(N2CCCC(N)C2)nc2c1c(=O)n(CC(=O)Nc1cccc(C#N)n1)c(=O)n2C. The van der Waals surface area contributed by atoms with Crippen LogP contribution in [-0.2, 0) is 24.9 Å². The van der Waals surface area contributed by atoms with E-state index in [0.29, 0.717) is 19.0 Å². The van der Waals surface area contributed by atoms with Gasteiger partial charge in [0, 0.05) is 32.7 Å². The Morgan fingerprint density at radius 2 is 2.06 bits per heavy atom. The highest BCUT2D eigenvalue weighted by molar-refractivity contribution is 5.89. The number of hydrogen-bond acceptors (Lipinski definition) is 8. The number of carbonyl (C=O) groups excluding carboxylic acids is 1. The fourth-order valence-corrected chi connectivity index (χ4v) is 4.27. The molecule has 36 heavy (non-hydrogen) atoms. The van der Waals surface area contributed by atoms with Crippen molar-refractivity contribution in [2.75, 3.05) is 23.3 Å². The third-order valence-electron chi connectivity index (χ3n) is 6.07. The van der Waals surface area contributed by atoms with E-state index >= 15 is 0 Å². The van der Waals surface area contributed by atoms with Gasteiger partial charge in [0.05, 0.1) is 0 Å². The number of allylic oxidation sites excluding steroid dienone is 2. The minimum Gasteiger partial charge on any atom is -0.341 e. The molecule has 0 aliphatic carbocycles. The zero-order chi connectivity index (χ0) is 26.0. The number of aromatic nitrogens is 5. The van der Waals surface area contributed by atoms with Crippen LogP contribution in [0.3, 0.4) is 0 Å². The lowest BCUT2D eigenvalue weighted by Crippen LogP contribution is -2.44. The molecule has 3 aromatic rings. The molecule has 1 saturated heterocycles. The van der Waals surface area contributed by atoms with Crippen LogP contribution in [0.1, 0.15) is 32.4 Å². The summed E-state index contributed by atoms with van der Waals surface area (Å²) < 4.78 is 3.96. The van der Waals surface area contributed by atoms with Crippen molar-refractivity contribution >= 4 is 28.8 Å². The molecule has 3 N–H and O–H groups in total. The first kappa shape index (κ1) is 24.9. The number of rotatable bonds is 6. The lowest BCUT2D eigenvalue weighted by atomic mass is 10.1. The molecule has 1 unspecified atom stereocenters. The largest absolute Gasteiger partial charge is 0.341 e. The Morgan fingerprint density at radius 1 is 1.28 bits per heavy atom. The average Bonchev–Trinajstić information content (AvgIpc) is 3.24. The number of anilines is 2. The van der Waals surface area contributed by atoms with Crippen LogP contribution in [0.15, 0.2) is 39.4 Å². The molecule has 188 valence electrons. The van der Waals surface area contributed by atoms with E-state index in [9.17, 15) is 14.4 Å². The molecule has 1 amide bonds. The molecule has 1 fully saturated rings. The molecule has 12 heteroatoms. The van der Waals surface area contributed by atoms with E-state index in [4.69, 9.17) is 11.0 Å². The fourth-order valence-electron chi connectivity index (χ4n) is 4.27. The van der Waals surface area contributed by atoms with Crippen molar-refractivity contribution in [2.45, 2.75) is 45.8 Å². The zero-order valence-electron chi connectivity index (χ0n) is 20.6. The number of nitriles is 1. The van der Waals surface area contributed by atoms with Crippen LogP contribution in [0.5, 0.6) is 0 Å². The number of pyridine rings is 1. The summed E-state index contributed by atoms with van der Waals surface area (Å²) in [6.07, 6.45) is 3.79. The highest BCUT2D eigenvalue weighted by atomic mass is 16.2. The van der Waals surface area contributed by atoms with Gasteiger partial charge in [-0.3, -0.25) is 14.2 Å². The van der Waals surface area contributed by atoms with Crippen molar-refractivity contribution in [2.24, 2.45) is 12.8 Å². The van der Waals surface area contributed by atoms with Gasteiger partial charge >= 0.3 is 5.69 Å². The van der Waals surface area contributed by atoms with Gasteiger partial charge in [-0.1, -0.05) is 17.7 Å². The first-order valence-corrected chi connectivity index (χ1v) is 11.7. The first-order valence-electron chi connectivity index (χ1n) is 11.7. The second kappa shape index (κ2) is 10.2. The van der Waals surface area contributed by atoms with Gasteiger partial charge in [0.1, 0.15) is 24.1 Å². The number of fused-ring (bicyclic) bond motifs is 1. The van der Waals surface area contributed by atoms with Gasteiger partial charge in [-0.2, -0.15) is 10.2 Å². The Kier molecular flexibility index (Phi) is 7.03. The van der Waals surface area contributed by atoms with E-state index < -0.39 is 23.7 Å². The number of nitrogens with zero attached hydrogens (tertiary/aromatic N) is 7. The van der Waals surface area contributed by atoms with Crippen molar-refractivity contribution in [3.63, 3.8) is 0 Å². The number of aryl methyl sites for hydroxylation is 1. The molecule has 0 spiro atoms. The van der Waals surface area contributed by atoms with E-state index in [1.165, 1.54) is 23.7 Å². The molecule has 0 bridgehead atoms. The van der Waals surface area contributed by atoms with Gasteiger partial charge in [-0.25, -0.2) is 14.3 Å². The standard InChI is InChI=1S/C24H29N9O3/c1-15(2)9-11-32-20-21(29-23(32)31-10-5-6-16(26)13-31)30(3)24(36)33(22(20)35)14-19(34)28-18-8-4-7-17(12-25)27-18/h4,7-9,16H,5-6,10-11,13-14,26H2,1-3H3,(H,27,28,34). The molecular weight excluding hydrogens is 462 g/mol. The van der Waals surface area contributed by atoms with Gasteiger partial charge < -0.3 is 20.5 Å². The molecule has 4 heterocycles. The maximum atomic E-state index is 13.6. The van der Waals surface area contributed by atoms with Crippen LogP contribution in [0.2, 0.25) is 0 Å². The molecule has 4 rings (SSSR count). The molecule has 12 nitrogen and oxygen atoms in total. The van der Waals surface area contributed by atoms with Gasteiger partial charge in [-0.15, -0.1) is 0 Å². The molecular formula is C24H29N9O3. The minimum atomic E-state index is -0.657. The van der Waals surface area contributed by atoms with Crippen molar-refractivity contribution in [3.05, 3.63) is 56.4 Å². The van der Waals surface area contributed by atoms with Gasteiger partial charge in [0.15, 0.2) is 11.2 Å². The summed E-state index contributed by atoms with van der Waals surface area (Å²) in [5, 5.41) is 11.6. The van der Waals surface area contributed by atoms with Gasteiger partial charge in [0.25, 0.3) is 5.56 Å². The molecule has 1 aliphatic rings. The van der Waals surface area contributed by atoms with Crippen LogP contribution in [0.25, 0.3) is 11.2 Å². The topological polar surface area (TPSA) is 157 Å². The molecule has 1 aliphatic heterocycles. The van der Waals surface area contributed by atoms with Gasteiger partial charge in [-0.05, 0) is 38.8 Å². The Bertz CT molecular complexity index is 1500. The Balaban J connectivity index is 1.79. The number of imidazole rings is 1. The monoisotopic (exact) mass is 491 g/mol. The average molecular weight is 492 g/mol. The fraction of sp³-hybridized carbons (Fsp3) is 0.417. The van der Waals surface area contributed by atoms with Crippen LogP contribution in [0.4, 0.5) is 11.8 Å². The molecule has 1 atom stereocenters. The van der Waals surface area contributed by atoms with E-state index in [-0.39, 0.29) is 28.7 Å². The van der Waals surface area contributed by atoms with E-state index in [2.05, 4.69) is 15.3 Å². The normalized spacial score (nSPS) is 15.5. The summed E-state index contributed by atoms with van der Waals surface area (Å²) in [4.78, 5) is 50.2. The number of hydrogen-bond donors (Lipinski definition) is 2. The maximum absolute atomic E-state index is 13.6. The Morgan fingerprint density at radius 3 is 2.75 bits per heavy atom. The molecule has 0 radical (unpaired) electrons. The summed E-state index contributed by atoms with van der Waals surface area (Å²) in [7, 11) is 1.53. The molecule has 0 saturated carbocycles. The van der Waals surface area contributed by atoms with Gasteiger partial charge in [0.2, 0.25) is 11.9 Å². The highest BCUT2D eigenvalue weighted by Gasteiger charge is 2.26. The van der Waals surface area contributed by atoms with Crippen LogP contribution < -0.4 is 27.2 Å². The number of carbonyl (C=O) groups is 1. The Hall–Kier alpha value is -4.24. The van der Waals surface area contributed by atoms with Crippen molar-refractivity contribution < 1.29 is 4.79 Å². The summed E-state index contributed by atoms with van der Waals surface area (Å²) >= 11 is 0. The number of amides is 1. The predicted molar refractivity (Wildman–Crippen MR) is 136 cm³/mol. The quantitative estimate of drug-likeness (QED) is 0.477. The van der Waals surface area contributed by atoms with Crippen LogP contribution in [-0.4, -0.2) is 48.7 Å². The van der Waals surface area contributed by atoms with E-state index in [0.717, 1.165) is 29.5 Å². The number of nitrogens with one attached hydrogen (secondary N) is 1. The van der Waals surface area contributed by atoms with Crippen molar-refractivity contribution in [1.82, 2.24) is 23.7 Å². The summed E-state index contributed by atoms with van der Waals surface area (Å²) in [5.41, 5.74) is 6.62. The molecule has 3 aromatic heterocycles. The third-order valence-corrected chi connectivity index (χ3v) is 6.07. The Labute approximate surface area is 207 Å².